The number of nitrogens with zero attached hydrogens (tertiary/aromatic N) is 3. The van der Waals surface area contributed by atoms with Crippen molar-refractivity contribution in [3.63, 3.8) is 0 Å². The van der Waals surface area contributed by atoms with Gasteiger partial charge in [-0.05, 0) is 30.5 Å². The number of ether oxygens (including phenoxy) is 1. The Kier molecular flexibility index (Phi) is 4.92. The van der Waals surface area contributed by atoms with E-state index in [-0.39, 0.29) is 5.91 Å². The summed E-state index contributed by atoms with van der Waals surface area (Å²) in [5.74, 6) is 0.629. The molecule has 0 N–H and O–H groups in total. The van der Waals surface area contributed by atoms with Crippen molar-refractivity contribution >= 4 is 22.8 Å². The molecule has 1 amide bonds. The van der Waals surface area contributed by atoms with Crippen LogP contribution in [-0.4, -0.2) is 40.3 Å². The molecule has 0 fully saturated rings. The molecule has 0 saturated heterocycles. The molecule has 1 aliphatic heterocycles. The molecule has 1 aliphatic rings. The van der Waals surface area contributed by atoms with Gasteiger partial charge < -0.3 is 4.74 Å². The smallest absolute Gasteiger partial charge is 0.260 e. The van der Waals surface area contributed by atoms with Crippen LogP contribution >= 0.6 is 11.8 Å². The third-order valence-electron chi connectivity index (χ3n) is 3.44. The number of amidine groups is 1. The van der Waals surface area contributed by atoms with E-state index in [1.165, 1.54) is 11.8 Å². The van der Waals surface area contributed by atoms with Crippen LogP contribution in [-0.2, 0) is 6.61 Å². The summed E-state index contributed by atoms with van der Waals surface area (Å²) in [4.78, 5) is 22.7. The van der Waals surface area contributed by atoms with Crippen molar-refractivity contribution < 1.29 is 9.53 Å². The Morgan fingerprint density at radius 2 is 2.26 bits per heavy atom. The number of benzene rings is 1. The van der Waals surface area contributed by atoms with E-state index in [9.17, 15) is 4.79 Å². The monoisotopic (exact) mass is 327 g/mol. The minimum absolute atomic E-state index is 0.0394. The fraction of sp³-hybridized carbons (Fsp3) is 0.235. The lowest BCUT2D eigenvalue weighted by molar-refractivity contribution is 0.0860. The second-order valence-electron chi connectivity index (χ2n) is 5.00. The number of pyridine rings is 1. The summed E-state index contributed by atoms with van der Waals surface area (Å²) in [6.45, 7) is 1.72. The minimum Gasteiger partial charge on any atom is -0.489 e. The lowest BCUT2D eigenvalue weighted by Gasteiger charge is -2.17. The van der Waals surface area contributed by atoms with Crippen molar-refractivity contribution in [2.24, 2.45) is 4.99 Å². The molecule has 0 aliphatic carbocycles. The van der Waals surface area contributed by atoms with Crippen LogP contribution in [0.5, 0.6) is 5.75 Å². The maximum atomic E-state index is 12.6. The van der Waals surface area contributed by atoms with Crippen LogP contribution in [0.25, 0.3) is 0 Å². The summed E-state index contributed by atoms with van der Waals surface area (Å²) < 4.78 is 5.75. The lowest BCUT2D eigenvalue weighted by Crippen LogP contribution is -2.32. The Morgan fingerprint density at radius 1 is 1.35 bits per heavy atom. The molecule has 2 heterocycles. The number of hydrogen-bond donors (Lipinski definition) is 0. The zero-order valence-electron chi connectivity index (χ0n) is 12.8. The molecule has 1 aromatic heterocycles. The summed E-state index contributed by atoms with van der Waals surface area (Å²) >= 11 is 1.49. The molecule has 118 valence electrons. The number of carbonyl (C=O) groups excluding carboxylic acids is 1. The zero-order chi connectivity index (χ0) is 16.1. The van der Waals surface area contributed by atoms with Gasteiger partial charge in [0.1, 0.15) is 12.4 Å². The van der Waals surface area contributed by atoms with Gasteiger partial charge in [-0.1, -0.05) is 23.9 Å². The first-order valence-corrected chi connectivity index (χ1v) is 8.52. The van der Waals surface area contributed by atoms with Gasteiger partial charge in [-0.3, -0.25) is 19.7 Å². The predicted octanol–water partition coefficient (Wildman–Crippen LogP) is 2.84. The van der Waals surface area contributed by atoms with E-state index in [1.54, 1.807) is 29.4 Å². The van der Waals surface area contributed by atoms with E-state index in [0.717, 1.165) is 10.7 Å². The molecule has 3 rings (SSSR count). The largest absolute Gasteiger partial charge is 0.489 e. The van der Waals surface area contributed by atoms with Crippen molar-refractivity contribution in [3.05, 3.63) is 59.9 Å². The third-order valence-corrected chi connectivity index (χ3v) is 4.15. The Hall–Kier alpha value is -2.34. The van der Waals surface area contributed by atoms with Crippen LogP contribution in [0.3, 0.4) is 0 Å². The summed E-state index contributed by atoms with van der Waals surface area (Å²) in [7, 11) is 0. The topological polar surface area (TPSA) is 54.8 Å². The van der Waals surface area contributed by atoms with Crippen molar-refractivity contribution in [2.75, 3.05) is 19.3 Å². The summed E-state index contributed by atoms with van der Waals surface area (Å²) in [6.07, 6.45) is 5.42. The van der Waals surface area contributed by atoms with Crippen molar-refractivity contribution in [3.8, 4) is 5.75 Å². The first kappa shape index (κ1) is 15.6. The van der Waals surface area contributed by atoms with Gasteiger partial charge in [0, 0.05) is 30.1 Å². The fourth-order valence-corrected chi connectivity index (χ4v) is 2.93. The number of carbonyl (C=O) groups is 1. The minimum atomic E-state index is -0.0394. The number of amides is 1. The number of aliphatic imine (C=N–C) groups is 1. The number of hydrogen-bond acceptors (Lipinski definition) is 5. The van der Waals surface area contributed by atoms with Crippen LogP contribution in [0.1, 0.15) is 15.9 Å². The highest BCUT2D eigenvalue weighted by molar-refractivity contribution is 8.13. The van der Waals surface area contributed by atoms with Crippen molar-refractivity contribution in [1.82, 2.24) is 9.88 Å². The normalized spacial score (nSPS) is 13.8. The third kappa shape index (κ3) is 3.71. The Morgan fingerprint density at radius 3 is 3.04 bits per heavy atom. The molecular weight excluding hydrogens is 310 g/mol. The lowest BCUT2D eigenvalue weighted by atomic mass is 10.2. The van der Waals surface area contributed by atoms with Gasteiger partial charge in [-0.25, -0.2) is 0 Å². The number of thioether (sulfide) groups is 1. The molecule has 0 unspecified atom stereocenters. The van der Waals surface area contributed by atoms with E-state index in [4.69, 9.17) is 4.74 Å². The van der Waals surface area contributed by atoms with E-state index < -0.39 is 0 Å². The quantitative estimate of drug-likeness (QED) is 0.866. The molecule has 0 radical (unpaired) electrons. The van der Waals surface area contributed by atoms with Gasteiger partial charge in [0.2, 0.25) is 0 Å². The molecule has 5 nitrogen and oxygen atoms in total. The van der Waals surface area contributed by atoms with Crippen LogP contribution < -0.4 is 4.74 Å². The van der Waals surface area contributed by atoms with Crippen LogP contribution in [0.15, 0.2) is 53.8 Å². The van der Waals surface area contributed by atoms with Gasteiger partial charge >= 0.3 is 0 Å². The van der Waals surface area contributed by atoms with Crippen molar-refractivity contribution in [1.29, 1.82) is 0 Å². The highest BCUT2D eigenvalue weighted by Crippen LogP contribution is 2.19. The Bertz CT molecular complexity index is 719. The molecule has 2 aromatic rings. The number of rotatable bonds is 4. The van der Waals surface area contributed by atoms with E-state index in [0.29, 0.717) is 31.0 Å². The molecule has 6 heteroatoms. The molecule has 0 bridgehead atoms. The van der Waals surface area contributed by atoms with E-state index in [2.05, 4.69) is 9.98 Å². The maximum Gasteiger partial charge on any atom is 0.260 e. The SMILES string of the molecule is CSC1=NCCN1C(=O)c1cccc(OCc2cccnc2)c1. The molecular formula is C17H17N3O2S. The van der Waals surface area contributed by atoms with Gasteiger partial charge in [0.15, 0.2) is 5.17 Å². The van der Waals surface area contributed by atoms with Gasteiger partial charge in [0.05, 0.1) is 6.54 Å². The standard InChI is InChI=1S/C17H17N3O2S/c1-23-17-19-8-9-20(17)16(21)14-5-2-6-15(10-14)22-12-13-4-3-7-18-11-13/h2-7,10-11H,8-9,12H2,1H3. The van der Waals surface area contributed by atoms with Crippen LogP contribution in [0.2, 0.25) is 0 Å². The first-order valence-electron chi connectivity index (χ1n) is 7.30. The van der Waals surface area contributed by atoms with Crippen LogP contribution in [0, 0.1) is 0 Å². The second-order valence-corrected chi connectivity index (χ2v) is 5.78. The van der Waals surface area contributed by atoms with Gasteiger partial charge in [0.25, 0.3) is 5.91 Å². The van der Waals surface area contributed by atoms with Crippen molar-refractivity contribution in [2.45, 2.75) is 6.61 Å². The molecule has 0 spiro atoms. The van der Waals surface area contributed by atoms with E-state index >= 15 is 0 Å². The molecule has 0 saturated carbocycles. The molecule has 23 heavy (non-hydrogen) atoms. The molecule has 0 atom stereocenters. The van der Waals surface area contributed by atoms with Gasteiger partial charge in [-0.15, -0.1) is 0 Å². The highest BCUT2D eigenvalue weighted by Gasteiger charge is 2.24. The summed E-state index contributed by atoms with van der Waals surface area (Å²) in [5, 5.41) is 0.775. The zero-order valence-corrected chi connectivity index (χ0v) is 13.6. The van der Waals surface area contributed by atoms with Crippen LogP contribution in [0.4, 0.5) is 0 Å². The Balaban J connectivity index is 1.70. The average molecular weight is 327 g/mol. The second kappa shape index (κ2) is 7.28. The summed E-state index contributed by atoms with van der Waals surface area (Å²) in [6, 6.07) is 11.1. The first-order chi connectivity index (χ1) is 11.3. The Labute approximate surface area is 139 Å². The van der Waals surface area contributed by atoms with Gasteiger partial charge in [-0.2, -0.15) is 0 Å². The average Bonchev–Trinajstić information content (AvgIpc) is 3.09. The van der Waals surface area contributed by atoms with E-state index in [1.807, 2.05) is 30.5 Å². The molecule has 1 aromatic carbocycles. The summed E-state index contributed by atoms with van der Waals surface area (Å²) in [5.41, 5.74) is 1.60. The maximum absolute atomic E-state index is 12.6. The fourth-order valence-electron chi connectivity index (χ4n) is 2.31. The number of aromatic nitrogens is 1. The highest BCUT2D eigenvalue weighted by atomic mass is 32.2. The predicted molar refractivity (Wildman–Crippen MR) is 91.9 cm³/mol.